The summed E-state index contributed by atoms with van der Waals surface area (Å²) < 4.78 is 18.7. The van der Waals surface area contributed by atoms with Gasteiger partial charge in [-0.05, 0) is 49.7 Å². The van der Waals surface area contributed by atoms with E-state index >= 15 is 0 Å². The molecule has 2 aliphatic heterocycles. The van der Waals surface area contributed by atoms with Crippen molar-refractivity contribution in [1.82, 2.24) is 9.80 Å². The number of amides is 2. The number of hydrogen-bond donors (Lipinski definition) is 1. The van der Waals surface area contributed by atoms with Crippen LogP contribution in [0.15, 0.2) is 53.5 Å². The van der Waals surface area contributed by atoms with Crippen LogP contribution >= 0.6 is 11.8 Å². The fraction of sp³-hybridized carbons (Fsp3) is 0.400. The maximum atomic E-state index is 13.3. The summed E-state index contributed by atoms with van der Waals surface area (Å²) in [6.07, 6.45) is 0.844. The molecular weight excluding hydrogens is 455 g/mol. The number of aliphatic imine (C=N–C) groups is 1. The highest BCUT2D eigenvalue weighted by Crippen LogP contribution is 2.32. The molecule has 2 aromatic carbocycles. The first-order valence-corrected chi connectivity index (χ1v) is 12.3. The predicted octanol–water partition coefficient (Wildman–Crippen LogP) is 3.82. The molecule has 34 heavy (non-hydrogen) atoms. The van der Waals surface area contributed by atoms with Gasteiger partial charge >= 0.3 is 0 Å². The van der Waals surface area contributed by atoms with Gasteiger partial charge in [0.1, 0.15) is 11.1 Å². The standard InChI is InChI=1S/C25H29FN4O3S/c1-18-3-7-20(8-4-18)27-23(31)17-22-24(32)30(12-2-11-29-13-15-33-16-14-29)25(34-22)28-21-9-5-19(26)6-10-21/h3-10,22H,2,11-17H2,1H3,(H,27,31). The average molecular weight is 485 g/mol. The number of carbonyl (C=O) groups excluding carboxylic acids is 2. The van der Waals surface area contributed by atoms with Gasteiger partial charge in [0.15, 0.2) is 5.17 Å². The third-order valence-electron chi connectivity index (χ3n) is 5.74. The third kappa shape index (κ3) is 6.65. The van der Waals surface area contributed by atoms with Gasteiger partial charge in [-0.25, -0.2) is 9.38 Å². The summed E-state index contributed by atoms with van der Waals surface area (Å²) in [6, 6.07) is 13.4. The summed E-state index contributed by atoms with van der Waals surface area (Å²) in [5.74, 6) is -0.676. The summed E-state index contributed by atoms with van der Waals surface area (Å²) in [5.41, 5.74) is 2.38. The van der Waals surface area contributed by atoms with Crippen molar-refractivity contribution in [3.8, 4) is 0 Å². The highest BCUT2D eigenvalue weighted by atomic mass is 32.2. The number of carbonyl (C=O) groups is 2. The zero-order chi connectivity index (χ0) is 23.9. The van der Waals surface area contributed by atoms with Crippen LogP contribution in [0, 0.1) is 12.7 Å². The van der Waals surface area contributed by atoms with Crippen molar-refractivity contribution in [2.75, 3.05) is 44.7 Å². The van der Waals surface area contributed by atoms with Gasteiger partial charge in [-0.3, -0.25) is 19.4 Å². The minimum atomic E-state index is -0.548. The van der Waals surface area contributed by atoms with E-state index < -0.39 is 5.25 Å². The second-order valence-electron chi connectivity index (χ2n) is 8.39. The number of nitrogens with one attached hydrogen (secondary N) is 1. The van der Waals surface area contributed by atoms with Gasteiger partial charge in [0.25, 0.3) is 0 Å². The first kappa shape index (κ1) is 24.4. The van der Waals surface area contributed by atoms with E-state index in [1.54, 1.807) is 17.0 Å². The first-order chi connectivity index (χ1) is 16.5. The molecule has 1 N–H and O–H groups in total. The van der Waals surface area contributed by atoms with Gasteiger partial charge in [0.2, 0.25) is 11.8 Å². The normalized spacial score (nSPS) is 20.2. The van der Waals surface area contributed by atoms with E-state index in [0.29, 0.717) is 23.1 Å². The molecular formula is C25H29FN4O3S. The molecule has 1 atom stereocenters. The molecule has 2 amide bonds. The summed E-state index contributed by atoms with van der Waals surface area (Å²) in [6.45, 7) is 6.60. The summed E-state index contributed by atoms with van der Waals surface area (Å²) >= 11 is 1.29. The van der Waals surface area contributed by atoms with Crippen LogP contribution in [0.4, 0.5) is 15.8 Å². The zero-order valence-electron chi connectivity index (χ0n) is 19.2. The highest BCUT2D eigenvalue weighted by Gasteiger charge is 2.39. The van der Waals surface area contributed by atoms with Crippen LogP contribution in [-0.4, -0.2) is 71.4 Å². The van der Waals surface area contributed by atoms with Crippen molar-refractivity contribution < 1.29 is 18.7 Å². The van der Waals surface area contributed by atoms with E-state index in [4.69, 9.17) is 4.74 Å². The lowest BCUT2D eigenvalue weighted by atomic mass is 10.2. The maximum absolute atomic E-state index is 13.3. The Morgan fingerprint density at radius 1 is 1.12 bits per heavy atom. The Kier molecular flexibility index (Phi) is 8.31. The van der Waals surface area contributed by atoms with Gasteiger partial charge in [0.05, 0.1) is 18.9 Å². The Bertz CT molecular complexity index is 1020. The lowest BCUT2D eigenvalue weighted by Crippen LogP contribution is -2.39. The second kappa shape index (κ2) is 11.6. The third-order valence-corrected chi connectivity index (χ3v) is 6.91. The molecule has 180 valence electrons. The van der Waals surface area contributed by atoms with Crippen molar-refractivity contribution in [2.45, 2.75) is 25.0 Å². The number of anilines is 1. The van der Waals surface area contributed by atoms with Crippen LogP contribution in [0.1, 0.15) is 18.4 Å². The molecule has 0 aliphatic carbocycles. The number of halogens is 1. The molecule has 0 spiro atoms. The monoisotopic (exact) mass is 484 g/mol. The van der Waals surface area contributed by atoms with Crippen LogP contribution in [0.3, 0.4) is 0 Å². The summed E-state index contributed by atoms with van der Waals surface area (Å²) in [7, 11) is 0. The zero-order valence-corrected chi connectivity index (χ0v) is 20.0. The fourth-order valence-electron chi connectivity index (χ4n) is 3.85. The Morgan fingerprint density at radius 3 is 2.53 bits per heavy atom. The number of benzene rings is 2. The van der Waals surface area contributed by atoms with Crippen molar-refractivity contribution in [3.05, 3.63) is 59.9 Å². The molecule has 7 nitrogen and oxygen atoms in total. The van der Waals surface area contributed by atoms with E-state index in [-0.39, 0.29) is 24.1 Å². The molecule has 0 saturated carbocycles. The first-order valence-electron chi connectivity index (χ1n) is 11.5. The molecule has 2 saturated heterocycles. The second-order valence-corrected chi connectivity index (χ2v) is 9.56. The lowest BCUT2D eigenvalue weighted by molar-refractivity contribution is -0.128. The molecule has 0 bridgehead atoms. The van der Waals surface area contributed by atoms with Crippen molar-refractivity contribution in [3.63, 3.8) is 0 Å². The van der Waals surface area contributed by atoms with Crippen molar-refractivity contribution in [1.29, 1.82) is 0 Å². The van der Waals surface area contributed by atoms with Crippen LogP contribution in [0.5, 0.6) is 0 Å². The highest BCUT2D eigenvalue weighted by molar-refractivity contribution is 8.15. The van der Waals surface area contributed by atoms with Gasteiger partial charge in [-0.2, -0.15) is 0 Å². The molecule has 2 heterocycles. The largest absolute Gasteiger partial charge is 0.379 e. The quantitative estimate of drug-likeness (QED) is 0.617. The molecule has 9 heteroatoms. The Hall–Kier alpha value is -2.75. The predicted molar refractivity (Wildman–Crippen MR) is 133 cm³/mol. The van der Waals surface area contributed by atoms with Gasteiger partial charge in [-0.15, -0.1) is 0 Å². The number of rotatable bonds is 8. The van der Waals surface area contributed by atoms with E-state index in [0.717, 1.165) is 44.8 Å². The smallest absolute Gasteiger partial charge is 0.242 e. The van der Waals surface area contributed by atoms with Crippen LogP contribution in [0.25, 0.3) is 0 Å². The fourth-order valence-corrected chi connectivity index (χ4v) is 5.04. The SMILES string of the molecule is Cc1ccc(NC(=O)CC2SC(=Nc3ccc(F)cc3)N(CCCN3CCOCC3)C2=O)cc1. The van der Waals surface area contributed by atoms with Crippen LogP contribution < -0.4 is 5.32 Å². The Morgan fingerprint density at radius 2 is 1.82 bits per heavy atom. The molecule has 2 aliphatic rings. The van der Waals surface area contributed by atoms with Crippen LogP contribution in [0.2, 0.25) is 0 Å². The minimum absolute atomic E-state index is 0.0553. The number of aryl methyl sites for hydroxylation is 1. The number of ether oxygens (including phenoxy) is 1. The molecule has 0 aromatic heterocycles. The van der Waals surface area contributed by atoms with E-state index in [2.05, 4.69) is 15.2 Å². The number of nitrogens with zero attached hydrogens (tertiary/aromatic N) is 3. The van der Waals surface area contributed by atoms with E-state index in [1.807, 2.05) is 31.2 Å². The Labute approximate surface area is 203 Å². The molecule has 4 rings (SSSR count). The van der Waals surface area contributed by atoms with Crippen molar-refractivity contribution in [2.24, 2.45) is 4.99 Å². The number of morpholine rings is 1. The van der Waals surface area contributed by atoms with Crippen LogP contribution in [-0.2, 0) is 14.3 Å². The average Bonchev–Trinajstić information content (AvgIpc) is 3.11. The topological polar surface area (TPSA) is 74.2 Å². The number of thioether (sulfide) groups is 1. The number of amidine groups is 1. The summed E-state index contributed by atoms with van der Waals surface area (Å²) in [5, 5.41) is 2.87. The number of hydrogen-bond acceptors (Lipinski definition) is 6. The minimum Gasteiger partial charge on any atom is -0.379 e. The molecule has 1 unspecified atom stereocenters. The molecule has 0 radical (unpaired) electrons. The lowest BCUT2D eigenvalue weighted by Gasteiger charge is -2.27. The van der Waals surface area contributed by atoms with Crippen molar-refractivity contribution >= 4 is 40.1 Å². The summed E-state index contributed by atoms with van der Waals surface area (Å²) in [4.78, 5) is 34.4. The molecule has 2 aromatic rings. The van der Waals surface area contributed by atoms with Gasteiger partial charge < -0.3 is 10.1 Å². The van der Waals surface area contributed by atoms with Gasteiger partial charge in [0, 0.05) is 38.3 Å². The van der Waals surface area contributed by atoms with E-state index in [9.17, 15) is 14.0 Å². The van der Waals surface area contributed by atoms with Gasteiger partial charge in [-0.1, -0.05) is 29.5 Å². The van der Waals surface area contributed by atoms with E-state index in [1.165, 1.54) is 23.9 Å². The molecule has 2 fully saturated rings. The Balaban J connectivity index is 1.42. The maximum Gasteiger partial charge on any atom is 0.242 e.